The highest BCUT2D eigenvalue weighted by Crippen LogP contribution is 2.39. The molecule has 2 aromatic heterocycles. The van der Waals surface area contributed by atoms with E-state index in [-0.39, 0.29) is 0 Å². The lowest BCUT2D eigenvalue weighted by Gasteiger charge is -2.23. The Morgan fingerprint density at radius 1 is 1.17 bits per heavy atom. The molecule has 0 unspecified atom stereocenters. The van der Waals surface area contributed by atoms with Crippen molar-refractivity contribution in [1.82, 2.24) is 9.97 Å². The number of hydrogen-bond acceptors (Lipinski definition) is 6. The van der Waals surface area contributed by atoms with Gasteiger partial charge in [-0.15, -0.1) is 11.3 Å². The molecule has 1 saturated heterocycles. The van der Waals surface area contributed by atoms with Crippen molar-refractivity contribution in [2.45, 2.75) is 32.4 Å². The monoisotopic (exact) mass is 411 g/mol. The zero-order valence-corrected chi connectivity index (χ0v) is 17.6. The molecule has 3 heterocycles. The Kier molecular flexibility index (Phi) is 5.35. The van der Waals surface area contributed by atoms with Crippen LogP contribution < -0.4 is 15.0 Å². The Balaban J connectivity index is 1.47. The van der Waals surface area contributed by atoms with Gasteiger partial charge in [0.25, 0.3) is 0 Å². The Labute approximate surface area is 174 Å². The van der Waals surface area contributed by atoms with E-state index in [1.807, 2.05) is 29.5 Å². The van der Waals surface area contributed by atoms with Crippen molar-refractivity contribution in [3.05, 3.63) is 46.1 Å². The van der Waals surface area contributed by atoms with Crippen molar-refractivity contribution < 1.29 is 14.4 Å². The lowest BCUT2D eigenvalue weighted by molar-refractivity contribution is -0.922. The molecule has 29 heavy (non-hydrogen) atoms. The highest BCUT2D eigenvalue weighted by Gasteiger charge is 2.24. The third kappa shape index (κ3) is 3.82. The summed E-state index contributed by atoms with van der Waals surface area (Å²) in [7, 11) is 1.72. The Bertz CT molecular complexity index is 1010. The minimum Gasteiger partial charge on any atom is -0.496 e. The number of nitrogens with zero attached hydrogens (tertiary/aromatic N) is 2. The largest absolute Gasteiger partial charge is 0.496 e. The molecule has 5 rings (SSSR count). The zero-order valence-electron chi connectivity index (χ0n) is 16.8. The van der Waals surface area contributed by atoms with Gasteiger partial charge in [-0.3, -0.25) is 0 Å². The van der Waals surface area contributed by atoms with Crippen molar-refractivity contribution in [3.8, 4) is 5.75 Å². The number of quaternary nitrogens is 1. The van der Waals surface area contributed by atoms with Gasteiger partial charge in [-0.2, -0.15) is 0 Å². The molecule has 6 nitrogen and oxygen atoms in total. The normalized spacial score (nSPS) is 16.9. The van der Waals surface area contributed by atoms with Gasteiger partial charge < -0.3 is 19.7 Å². The summed E-state index contributed by atoms with van der Waals surface area (Å²) >= 11 is 1.86. The number of morpholine rings is 1. The van der Waals surface area contributed by atoms with Gasteiger partial charge in [0.1, 0.15) is 36.0 Å². The van der Waals surface area contributed by atoms with Crippen LogP contribution in [0.2, 0.25) is 0 Å². The topological polar surface area (TPSA) is 60.7 Å². The fraction of sp³-hybridized carbons (Fsp3) is 0.455. The first kappa shape index (κ1) is 18.8. The van der Waals surface area contributed by atoms with Crippen molar-refractivity contribution >= 4 is 27.4 Å². The summed E-state index contributed by atoms with van der Waals surface area (Å²) < 4.78 is 11.0. The summed E-state index contributed by atoms with van der Waals surface area (Å²) in [5.41, 5.74) is 2.59. The number of rotatable bonds is 6. The predicted octanol–water partition coefficient (Wildman–Crippen LogP) is 2.22. The number of aromatic nitrogens is 2. The highest BCUT2D eigenvalue weighted by atomic mass is 32.1. The smallest absolute Gasteiger partial charge is 0.187 e. The molecule has 1 fully saturated rings. The maximum absolute atomic E-state index is 5.52. The molecule has 0 amide bonds. The lowest BCUT2D eigenvalue weighted by Crippen LogP contribution is -3.12. The van der Waals surface area contributed by atoms with Gasteiger partial charge in [-0.25, -0.2) is 9.97 Å². The first-order chi connectivity index (χ1) is 14.3. The van der Waals surface area contributed by atoms with Crippen LogP contribution in [0.5, 0.6) is 5.75 Å². The number of methoxy groups -OCH3 is 1. The van der Waals surface area contributed by atoms with Gasteiger partial charge in [0.15, 0.2) is 5.82 Å². The van der Waals surface area contributed by atoms with Gasteiger partial charge in [-0.05, 0) is 30.9 Å². The van der Waals surface area contributed by atoms with Gasteiger partial charge in [0.05, 0.1) is 25.7 Å². The number of aryl methyl sites for hydroxylation is 2. The maximum Gasteiger partial charge on any atom is 0.187 e. The first-order valence-corrected chi connectivity index (χ1v) is 11.2. The minimum atomic E-state index is 0.685. The van der Waals surface area contributed by atoms with Gasteiger partial charge in [-0.1, -0.05) is 18.2 Å². The SMILES string of the molecule is COc1ccccc1CNc1nc(C[NH+]2CCOCC2)nc2sc3c(c12)CCC3. The number of hydrogen-bond donors (Lipinski definition) is 2. The quantitative estimate of drug-likeness (QED) is 0.651. The van der Waals surface area contributed by atoms with Crippen LogP contribution in [0.15, 0.2) is 24.3 Å². The number of ether oxygens (including phenoxy) is 2. The Hall–Kier alpha value is -2.22. The Morgan fingerprint density at radius 2 is 2.03 bits per heavy atom. The first-order valence-electron chi connectivity index (χ1n) is 10.4. The van der Waals surface area contributed by atoms with Crippen LogP contribution in [0.3, 0.4) is 0 Å². The van der Waals surface area contributed by atoms with Gasteiger partial charge >= 0.3 is 0 Å². The van der Waals surface area contributed by atoms with Crippen molar-refractivity contribution in [3.63, 3.8) is 0 Å². The van der Waals surface area contributed by atoms with E-state index in [0.717, 1.165) is 67.1 Å². The van der Waals surface area contributed by atoms with Crippen LogP contribution >= 0.6 is 11.3 Å². The van der Waals surface area contributed by atoms with E-state index < -0.39 is 0 Å². The third-order valence-corrected chi connectivity index (χ3v) is 7.04. The minimum absolute atomic E-state index is 0.685. The molecule has 2 N–H and O–H groups in total. The summed E-state index contributed by atoms with van der Waals surface area (Å²) in [6, 6.07) is 8.15. The van der Waals surface area contributed by atoms with Crippen LogP contribution in [0, 0.1) is 0 Å². The van der Waals surface area contributed by atoms with Crippen LogP contribution in [-0.2, 0) is 30.7 Å². The van der Waals surface area contributed by atoms with E-state index in [9.17, 15) is 0 Å². The number of para-hydroxylation sites is 1. The Morgan fingerprint density at radius 3 is 2.90 bits per heavy atom. The van der Waals surface area contributed by atoms with E-state index >= 15 is 0 Å². The van der Waals surface area contributed by atoms with Crippen LogP contribution in [0.4, 0.5) is 5.82 Å². The van der Waals surface area contributed by atoms with Gasteiger partial charge in [0.2, 0.25) is 0 Å². The highest BCUT2D eigenvalue weighted by molar-refractivity contribution is 7.19. The van der Waals surface area contributed by atoms with Crippen LogP contribution in [-0.4, -0.2) is 43.4 Å². The molecule has 0 bridgehead atoms. The summed E-state index contributed by atoms with van der Waals surface area (Å²) in [5, 5.41) is 4.85. The molecular weight excluding hydrogens is 384 g/mol. The molecule has 3 aromatic rings. The third-order valence-electron chi connectivity index (χ3n) is 5.86. The fourth-order valence-corrected chi connectivity index (χ4v) is 5.62. The second kappa shape index (κ2) is 8.26. The molecule has 0 radical (unpaired) electrons. The van der Waals surface area contributed by atoms with E-state index in [0.29, 0.717) is 6.54 Å². The maximum atomic E-state index is 5.52. The fourth-order valence-electron chi connectivity index (χ4n) is 4.34. The van der Waals surface area contributed by atoms with Gasteiger partial charge in [0, 0.05) is 17.0 Å². The molecule has 1 aromatic carbocycles. The molecule has 0 saturated carbocycles. The van der Waals surface area contributed by atoms with E-state index in [4.69, 9.17) is 19.4 Å². The second-order valence-corrected chi connectivity index (χ2v) is 8.81. The summed E-state index contributed by atoms with van der Waals surface area (Å²) in [5.74, 6) is 2.80. The standard InChI is InChI=1S/C22H26N4O2S/c1-27-17-7-3-2-5-15(17)13-23-21-20-16-6-4-8-18(16)29-22(20)25-19(24-21)14-26-9-11-28-12-10-26/h2-3,5,7H,4,6,8-14H2,1H3,(H,23,24,25)/p+1. The van der Waals surface area contributed by atoms with Crippen molar-refractivity contribution in [2.24, 2.45) is 0 Å². The van der Waals surface area contributed by atoms with E-state index in [2.05, 4.69) is 11.4 Å². The summed E-state index contributed by atoms with van der Waals surface area (Å²) in [4.78, 5) is 14.1. The number of fused-ring (bicyclic) bond motifs is 3. The van der Waals surface area contributed by atoms with Crippen LogP contribution in [0.25, 0.3) is 10.2 Å². The zero-order chi connectivity index (χ0) is 19.6. The molecule has 1 aliphatic heterocycles. The molecule has 2 aliphatic rings. The molecular formula is C22H27N4O2S+. The van der Waals surface area contributed by atoms with E-state index in [1.54, 1.807) is 7.11 Å². The molecule has 7 heteroatoms. The summed E-state index contributed by atoms with van der Waals surface area (Å²) in [6.45, 7) is 5.22. The average molecular weight is 412 g/mol. The summed E-state index contributed by atoms with van der Waals surface area (Å²) in [6.07, 6.45) is 3.55. The lowest BCUT2D eigenvalue weighted by atomic mass is 10.1. The van der Waals surface area contributed by atoms with Crippen molar-refractivity contribution in [2.75, 3.05) is 38.7 Å². The van der Waals surface area contributed by atoms with Crippen molar-refractivity contribution in [1.29, 1.82) is 0 Å². The van der Waals surface area contributed by atoms with Crippen LogP contribution in [0.1, 0.15) is 28.2 Å². The number of nitrogens with one attached hydrogen (secondary N) is 2. The molecule has 0 atom stereocenters. The number of thiophene rings is 1. The molecule has 1 aliphatic carbocycles. The molecule has 0 spiro atoms. The second-order valence-electron chi connectivity index (χ2n) is 7.73. The number of anilines is 1. The molecule has 152 valence electrons. The average Bonchev–Trinajstić information content (AvgIpc) is 3.34. The van der Waals surface area contributed by atoms with E-state index in [1.165, 1.54) is 33.6 Å². The predicted molar refractivity (Wildman–Crippen MR) is 115 cm³/mol. The number of benzene rings is 1.